The molecular weight excluding hydrogens is 243 g/mol. The molecule has 0 unspecified atom stereocenters. The van der Waals surface area contributed by atoms with E-state index in [1.54, 1.807) is 6.92 Å². The molecule has 0 fully saturated rings. The first-order valence-electron chi connectivity index (χ1n) is 5.35. The minimum Gasteiger partial charge on any atom is -0.318 e. The predicted molar refractivity (Wildman–Crippen MR) is 69.4 cm³/mol. The predicted octanol–water partition coefficient (Wildman–Crippen LogP) is 4.58. The molecule has 0 heterocycles. The van der Waals surface area contributed by atoms with Crippen molar-refractivity contribution in [1.29, 1.82) is 0 Å². The van der Waals surface area contributed by atoms with E-state index in [1.165, 1.54) is 5.56 Å². The molecule has 1 rings (SSSR count). The molecule has 0 aliphatic rings. The van der Waals surface area contributed by atoms with E-state index in [-0.39, 0.29) is 0 Å². The van der Waals surface area contributed by atoms with E-state index in [2.05, 4.69) is 12.1 Å². The fraction of sp³-hybridized carbons (Fsp3) is 0.500. The van der Waals surface area contributed by atoms with Gasteiger partial charge in [0, 0.05) is 0 Å². The molecule has 16 heavy (non-hydrogen) atoms. The highest BCUT2D eigenvalue weighted by molar-refractivity contribution is 7.84. The number of benzene rings is 1. The molecule has 0 spiro atoms. The molecule has 1 aromatic carbocycles. The van der Waals surface area contributed by atoms with Crippen molar-refractivity contribution < 1.29 is 9.09 Å². The van der Waals surface area contributed by atoms with E-state index in [0.717, 1.165) is 16.7 Å². The first-order valence-corrected chi connectivity index (χ1v) is 8.07. The number of halogens is 1. The molecule has 0 amide bonds. The third kappa shape index (κ3) is 3.62. The van der Waals surface area contributed by atoms with Gasteiger partial charge in [-0.2, -0.15) is 0 Å². The van der Waals surface area contributed by atoms with Crippen molar-refractivity contribution in [2.45, 2.75) is 33.9 Å². The Morgan fingerprint density at radius 2 is 1.75 bits per heavy atom. The van der Waals surface area contributed by atoms with E-state index in [4.69, 9.17) is 15.8 Å². The minimum atomic E-state index is -3.01. The van der Waals surface area contributed by atoms with Gasteiger partial charge in [0.15, 0.2) is 0 Å². The maximum Gasteiger partial charge on any atom is 0.294 e. The molecule has 0 aromatic heterocycles. The molecule has 0 aliphatic heterocycles. The van der Waals surface area contributed by atoms with E-state index in [1.807, 2.05) is 20.8 Å². The lowest BCUT2D eigenvalue weighted by Gasteiger charge is -2.15. The molecule has 0 radical (unpaired) electrons. The molecule has 1 atom stereocenters. The second kappa shape index (κ2) is 5.35. The van der Waals surface area contributed by atoms with Crippen molar-refractivity contribution >= 4 is 18.0 Å². The highest BCUT2D eigenvalue weighted by atomic mass is 35.7. The Bertz CT molecular complexity index is 406. The van der Waals surface area contributed by atoms with Crippen molar-refractivity contribution in [3.8, 4) is 0 Å². The van der Waals surface area contributed by atoms with Crippen LogP contribution in [0.2, 0.25) is 0 Å². The van der Waals surface area contributed by atoms with Crippen LogP contribution in [0.1, 0.15) is 29.2 Å². The van der Waals surface area contributed by atoms with Gasteiger partial charge in [-0.3, -0.25) is 4.57 Å². The molecule has 90 valence electrons. The zero-order valence-corrected chi connectivity index (χ0v) is 11.9. The van der Waals surface area contributed by atoms with Crippen LogP contribution in [-0.2, 0) is 15.3 Å². The SMILES string of the molecule is CCO[P@](=O)(Cl)Cc1c(C)cc(C)cc1C. The molecule has 0 N–H and O–H groups in total. The van der Waals surface area contributed by atoms with Gasteiger partial charge < -0.3 is 4.52 Å². The average molecular weight is 261 g/mol. The average Bonchev–Trinajstić information content (AvgIpc) is 2.11. The maximum absolute atomic E-state index is 11.9. The molecule has 4 heteroatoms. The summed E-state index contributed by atoms with van der Waals surface area (Å²) >= 11 is 5.89. The zero-order chi connectivity index (χ0) is 12.3. The van der Waals surface area contributed by atoms with Gasteiger partial charge in [-0.25, -0.2) is 0 Å². The summed E-state index contributed by atoms with van der Waals surface area (Å²) in [5, 5.41) is 0. The van der Waals surface area contributed by atoms with Crippen LogP contribution in [0.5, 0.6) is 0 Å². The topological polar surface area (TPSA) is 26.3 Å². The highest BCUT2D eigenvalue weighted by Crippen LogP contribution is 2.55. The van der Waals surface area contributed by atoms with Crippen molar-refractivity contribution in [1.82, 2.24) is 0 Å². The fourth-order valence-electron chi connectivity index (χ4n) is 1.89. The lowest BCUT2D eigenvalue weighted by atomic mass is 10.0. The number of hydrogen-bond donors (Lipinski definition) is 0. The van der Waals surface area contributed by atoms with Gasteiger partial charge in [0.25, 0.3) is 6.72 Å². The Kier molecular flexibility index (Phi) is 4.61. The van der Waals surface area contributed by atoms with E-state index < -0.39 is 6.72 Å². The van der Waals surface area contributed by atoms with Gasteiger partial charge in [-0.05, 0) is 55.6 Å². The van der Waals surface area contributed by atoms with Crippen molar-refractivity contribution in [3.63, 3.8) is 0 Å². The first kappa shape index (κ1) is 13.8. The molecule has 2 nitrogen and oxygen atoms in total. The van der Waals surface area contributed by atoms with Crippen LogP contribution in [0.3, 0.4) is 0 Å². The summed E-state index contributed by atoms with van der Waals surface area (Å²) in [7, 11) is 0. The lowest BCUT2D eigenvalue weighted by molar-refractivity contribution is 0.344. The minimum absolute atomic E-state index is 0.306. The monoisotopic (exact) mass is 260 g/mol. The third-order valence-corrected chi connectivity index (χ3v) is 4.50. The van der Waals surface area contributed by atoms with Crippen molar-refractivity contribution in [3.05, 3.63) is 34.4 Å². The highest BCUT2D eigenvalue weighted by Gasteiger charge is 2.21. The largest absolute Gasteiger partial charge is 0.318 e. The Labute approximate surface area is 102 Å². The summed E-state index contributed by atoms with van der Waals surface area (Å²) in [6.07, 6.45) is 0.306. The normalized spacial score (nSPS) is 14.8. The smallest absolute Gasteiger partial charge is 0.294 e. The summed E-state index contributed by atoms with van der Waals surface area (Å²) in [6, 6.07) is 4.15. The molecule has 1 aromatic rings. The molecule has 0 aliphatic carbocycles. The fourth-order valence-corrected chi connectivity index (χ4v) is 3.89. The van der Waals surface area contributed by atoms with Gasteiger partial charge in [0.1, 0.15) is 0 Å². The zero-order valence-electron chi connectivity index (χ0n) is 10.2. The van der Waals surface area contributed by atoms with Gasteiger partial charge in [0.05, 0.1) is 12.8 Å². The van der Waals surface area contributed by atoms with E-state index in [0.29, 0.717) is 12.8 Å². The van der Waals surface area contributed by atoms with Crippen LogP contribution in [-0.4, -0.2) is 6.61 Å². The molecule has 0 bridgehead atoms. The standard InChI is InChI=1S/C12H18ClO2P/c1-5-15-16(13,14)8-12-10(3)6-9(2)7-11(12)4/h6-7H,5,8H2,1-4H3/t16-/m0/s1. The second-order valence-electron chi connectivity index (χ2n) is 4.04. The van der Waals surface area contributed by atoms with Crippen LogP contribution >= 0.6 is 18.0 Å². The quantitative estimate of drug-likeness (QED) is 0.741. The van der Waals surface area contributed by atoms with Gasteiger partial charge in [-0.15, -0.1) is 0 Å². The van der Waals surface area contributed by atoms with Gasteiger partial charge in [0.2, 0.25) is 0 Å². The van der Waals surface area contributed by atoms with Crippen LogP contribution < -0.4 is 0 Å². The van der Waals surface area contributed by atoms with Gasteiger partial charge in [-0.1, -0.05) is 17.7 Å². The van der Waals surface area contributed by atoms with Crippen molar-refractivity contribution in [2.24, 2.45) is 0 Å². The summed E-state index contributed by atoms with van der Waals surface area (Å²) in [4.78, 5) is 0. The maximum atomic E-state index is 11.9. The Balaban J connectivity index is 3.02. The second-order valence-corrected chi connectivity index (χ2v) is 7.34. The number of aryl methyl sites for hydroxylation is 3. The lowest BCUT2D eigenvalue weighted by Crippen LogP contribution is -1.96. The Morgan fingerprint density at radius 3 is 2.19 bits per heavy atom. The van der Waals surface area contributed by atoms with Crippen LogP contribution in [0, 0.1) is 20.8 Å². The molecule has 0 saturated carbocycles. The number of hydrogen-bond acceptors (Lipinski definition) is 2. The Hall–Kier alpha value is -0.300. The summed E-state index contributed by atoms with van der Waals surface area (Å²) in [6.45, 7) is 5.24. The number of rotatable bonds is 4. The Morgan fingerprint density at radius 1 is 1.25 bits per heavy atom. The van der Waals surface area contributed by atoms with Gasteiger partial charge >= 0.3 is 0 Å². The van der Waals surface area contributed by atoms with Crippen molar-refractivity contribution in [2.75, 3.05) is 6.61 Å². The van der Waals surface area contributed by atoms with Crippen LogP contribution in [0.4, 0.5) is 0 Å². The van der Waals surface area contributed by atoms with Crippen LogP contribution in [0.15, 0.2) is 12.1 Å². The summed E-state index contributed by atoms with van der Waals surface area (Å²) in [5.41, 5.74) is 4.49. The molecular formula is C12H18ClO2P. The third-order valence-electron chi connectivity index (χ3n) is 2.51. The van der Waals surface area contributed by atoms with Crippen LogP contribution in [0.25, 0.3) is 0 Å². The summed E-state index contributed by atoms with van der Waals surface area (Å²) in [5.74, 6) is 0. The van der Waals surface area contributed by atoms with E-state index in [9.17, 15) is 4.57 Å². The first-order chi connectivity index (χ1) is 7.35. The molecule has 0 saturated heterocycles. The summed E-state index contributed by atoms with van der Waals surface area (Å²) < 4.78 is 17.0. The van der Waals surface area contributed by atoms with E-state index >= 15 is 0 Å².